The van der Waals surface area contributed by atoms with Crippen molar-refractivity contribution in [2.24, 2.45) is 0 Å². The van der Waals surface area contributed by atoms with Gasteiger partial charge in [-0.15, -0.1) is 0 Å². The third-order valence-corrected chi connectivity index (χ3v) is 4.86. The number of benzene rings is 2. The first-order valence-electron chi connectivity index (χ1n) is 8.62. The molecule has 3 aromatic rings. The Morgan fingerprint density at radius 1 is 1.10 bits per heavy atom. The molecule has 29 heavy (non-hydrogen) atoms. The first kappa shape index (κ1) is 20.3. The second kappa shape index (κ2) is 9.20. The number of carbonyl (C=O) groups excluding carboxylic acids is 1. The maximum absolute atomic E-state index is 13.2. The third kappa shape index (κ3) is 6.32. The fourth-order valence-corrected chi connectivity index (χ4v) is 3.31. The summed E-state index contributed by atoms with van der Waals surface area (Å²) >= 11 is 0. The van der Waals surface area contributed by atoms with Gasteiger partial charge in [-0.25, -0.2) is 4.39 Å². The standard InChI is InChI=1S/C19H19FN6O2S/c1-12-5-7-14(8-6-12)23-19-25-16(24-18(21)26-19)10-29(28)11-17(27)22-15-4-2-3-13(20)9-15/h2-9H,10-11H2,1H3,(H,22,27)(H3,21,23,24,25,26)/t29-/m0/s1. The lowest BCUT2D eigenvalue weighted by molar-refractivity contribution is -0.113. The molecule has 0 aliphatic rings. The van der Waals surface area contributed by atoms with Crippen molar-refractivity contribution in [2.75, 3.05) is 22.1 Å². The number of aryl methyl sites for hydroxylation is 1. The fraction of sp³-hybridized carbons (Fsp3) is 0.158. The quantitative estimate of drug-likeness (QED) is 0.543. The summed E-state index contributed by atoms with van der Waals surface area (Å²) in [4.78, 5) is 24.2. The van der Waals surface area contributed by atoms with E-state index in [1.54, 1.807) is 6.07 Å². The number of anilines is 4. The zero-order valence-electron chi connectivity index (χ0n) is 15.6. The Kier molecular flexibility index (Phi) is 6.45. The van der Waals surface area contributed by atoms with Gasteiger partial charge >= 0.3 is 0 Å². The van der Waals surface area contributed by atoms with Gasteiger partial charge in [0.25, 0.3) is 0 Å². The summed E-state index contributed by atoms with van der Waals surface area (Å²) in [6.45, 7) is 1.97. The molecule has 0 unspecified atom stereocenters. The number of carbonyl (C=O) groups is 1. The van der Waals surface area contributed by atoms with E-state index in [0.717, 1.165) is 11.3 Å². The lowest BCUT2D eigenvalue weighted by Gasteiger charge is -2.08. The minimum Gasteiger partial charge on any atom is -0.368 e. The molecule has 1 amide bonds. The SMILES string of the molecule is Cc1ccc(Nc2nc(N)nc(C[S@](=O)CC(=O)Nc3cccc(F)c3)n2)cc1. The van der Waals surface area contributed by atoms with Crippen molar-refractivity contribution >= 4 is 40.0 Å². The van der Waals surface area contributed by atoms with Gasteiger partial charge in [0.15, 0.2) is 0 Å². The normalized spacial score (nSPS) is 11.7. The molecule has 0 saturated carbocycles. The van der Waals surface area contributed by atoms with E-state index in [-0.39, 0.29) is 29.2 Å². The molecule has 0 bridgehead atoms. The van der Waals surface area contributed by atoms with Crippen molar-refractivity contribution in [3.8, 4) is 0 Å². The van der Waals surface area contributed by atoms with Crippen LogP contribution in [-0.4, -0.2) is 30.8 Å². The highest BCUT2D eigenvalue weighted by Crippen LogP contribution is 2.15. The summed E-state index contributed by atoms with van der Waals surface area (Å²) in [5, 5.41) is 5.51. The zero-order valence-corrected chi connectivity index (χ0v) is 16.4. The van der Waals surface area contributed by atoms with Crippen LogP contribution < -0.4 is 16.4 Å². The number of nitrogens with two attached hydrogens (primary N) is 1. The van der Waals surface area contributed by atoms with Crippen molar-refractivity contribution in [3.63, 3.8) is 0 Å². The van der Waals surface area contributed by atoms with Crippen LogP contribution in [0, 0.1) is 12.7 Å². The second-order valence-electron chi connectivity index (χ2n) is 6.21. The minimum absolute atomic E-state index is 0.0224. The molecule has 10 heteroatoms. The van der Waals surface area contributed by atoms with E-state index >= 15 is 0 Å². The molecule has 0 radical (unpaired) electrons. The molecule has 1 heterocycles. The Labute approximate surface area is 169 Å². The average molecular weight is 414 g/mol. The number of hydrogen-bond acceptors (Lipinski definition) is 7. The van der Waals surface area contributed by atoms with Gasteiger partial charge in [-0.05, 0) is 37.3 Å². The Hall–Kier alpha value is -3.40. The van der Waals surface area contributed by atoms with Crippen molar-refractivity contribution in [2.45, 2.75) is 12.7 Å². The summed E-state index contributed by atoms with van der Waals surface area (Å²) in [5.41, 5.74) is 7.88. The summed E-state index contributed by atoms with van der Waals surface area (Å²) in [7, 11) is -1.59. The maximum Gasteiger partial charge on any atom is 0.237 e. The van der Waals surface area contributed by atoms with Crippen LogP contribution in [0.3, 0.4) is 0 Å². The predicted molar refractivity (Wildman–Crippen MR) is 110 cm³/mol. The van der Waals surface area contributed by atoms with Crippen LogP contribution in [-0.2, 0) is 21.3 Å². The first-order valence-corrected chi connectivity index (χ1v) is 10.1. The molecular formula is C19H19FN6O2S. The topological polar surface area (TPSA) is 123 Å². The molecule has 2 aromatic carbocycles. The Balaban J connectivity index is 1.61. The van der Waals surface area contributed by atoms with Crippen LogP contribution in [0.4, 0.5) is 27.7 Å². The smallest absolute Gasteiger partial charge is 0.237 e. The molecule has 8 nitrogen and oxygen atoms in total. The predicted octanol–water partition coefficient (Wildman–Crippen LogP) is 2.53. The monoisotopic (exact) mass is 414 g/mol. The number of halogens is 1. The van der Waals surface area contributed by atoms with Crippen LogP contribution in [0.5, 0.6) is 0 Å². The van der Waals surface area contributed by atoms with Gasteiger partial charge in [-0.1, -0.05) is 23.8 Å². The van der Waals surface area contributed by atoms with Gasteiger partial charge in [0.1, 0.15) is 17.4 Å². The largest absolute Gasteiger partial charge is 0.368 e. The molecule has 0 saturated heterocycles. The number of nitrogen functional groups attached to an aromatic ring is 1. The molecule has 0 spiro atoms. The van der Waals surface area contributed by atoms with Crippen LogP contribution in [0.25, 0.3) is 0 Å². The molecule has 1 aromatic heterocycles. The van der Waals surface area contributed by atoms with Crippen molar-refractivity contribution < 1.29 is 13.4 Å². The average Bonchev–Trinajstić information content (AvgIpc) is 2.63. The van der Waals surface area contributed by atoms with E-state index < -0.39 is 22.5 Å². The molecule has 4 N–H and O–H groups in total. The number of rotatable bonds is 7. The number of nitrogens with one attached hydrogen (secondary N) is 2. The Morgan fingerprint density at radius 3 is 2.59 bits per heavy atom. The maximum atomic E-state index is 13.2. The van der Waals surface area contributed by atoms with Gasteiger partial charge < -0.3 is 16.4 Å². The number of aromatic nitrogens is 3. The van der Waals surface area contributed by atoms with Crippen LogP contribution in [0.2, 0.25) is 0 Å². The molecule has 0 aliphatic carbocycles. The zero-order chi connectivity index (χ0) is 20.8. The van der Waals surface area contributed by atoms with Crippen LogP contribution in [0.15, 0.2) is 48.5 Å². The Bertz CT molecular complexity index is 1050. The van der Waals surface area contributed by atoms with E-state index in [2.05, 4.69) is 25.6 Å². The van der Waals surface area contributed by atoms with E-state index in [1.807, 2.05) is 31.2 Å². The lowest BCUT2D eigenvalue weighted by Crippen LogP contribution is -2.21. The van der Waals surface area contributed by atoms with Gasteiger partial charge in [0.05, 0.1) is 5.75 Å². The van der Waals surface area contributed by atoms with Gasteiger partial charge in [-0.3, -0.25) is 9.00 Å². The van der Waals surface area contributed by atoms with Crippen LogP contribution >= 0.6 is 0 Å². The fourth-order valence-electron chi connectivity index (χ4n) is 2.43. The molecule has 0 aliphatic heterocycles. The molecular weight excluding hydrogens is 395 g/mol. The molecule has 150 valence electrons. The van der Waals surface area contributed by atoms with E-state index in [0.29, 0.717) is 5.69 Å². The summed E-state index contributed by atoms with van der Waals surface area (Å²) in [6, 6.07) is 13.0. The summed E-state index contributed by atoms with van der Waals surface area (Å²) in [6.07, 6.45) is 0. The van der Waals surface area contributed by atoms with Crippen molar-refractivity contribution in [1.29, 1.82) is 0 Å². The van der Waals surface area contributed by atoms with E-state index in [9.17, 15) is 13.4 Å². The lowest BCUT2D eigenvalue weighted by atomic mass is 10.2. The van der Waals surface area contributed by atoms with Crippen molar-refractivity contribution in [1.82, 2.24) is 15.0 Å². The van der Waals surface area contributed by atoms with Gasteiger partial charge in [0, 0.05) is 22.2 Å². The second-order valence-corrected chi connectivity index (χ2v) is 7.67. The number of amides is 1. The summed E-state index contributed by atoms with van der Waals surface area (Å²) < 4.78 is 25.5. The highest BCUT2D eigenvalue weighted by molar-refractivity contribution is 7.84. The third-order valence-electron chi connectivity index (χ3n) is 3.70. The van der Waals surface area contributed by atoms with E-state index in [1.165, 1.54) is 18.2 Å². The minimum atomic E-state index is -1.59. The van der Waals surface area contributed by atoms with Gasteiger partial charge in [-0.2, -0.15) is 15.0 Å². The van der Waals surface area contributed by atoms with Crippen LogP contribution in [0.1, 0.15) is 11.4 Å². The Morgan fingerprint density at radius 2 is 1.86 bits per heavy atom. The highest BCUT2D eigenvalue weighted by atomic mass is 32.2. The molecule has 1 atom stereocenters. The molecule has 0 fully saturated rings. The highest BCUT2D eigenvalue weighted by Gasteiger charge is 2.13. The van der Waals surface area contributed by atoms with E-state index in [4.69, 9.17) is 5.73 Å². The summed E-state index contributed by atoms with van der Waals surface area (Å²) in [5.74, 6) is -0.950. The first-order chi connectivity index (χ1) is 13.9. The molecule has 3 rings (SSSR count). The number of hydrogen-bond donors (Lipinski definition) is 3. The van der Waals surface area contributed by atoms with Crippen molar-refractivity contribution in [3.05, 3.63) is 65.7 Å². The number of nitrogens with zero attached hydrogens (tertiary/aromatic N) is 3. The van der Waals surface area contributed by atoms with Gasteiger partial charge in [0.2, 0.25) is 17.8 Å².